The monoisotopic (exact) mass is 437 g/mol. The van der Waals surface area contributed by atoms with Crippen LogP contribution in [-0.4, -0.2) is 32.6 Å². The average Bonchev–Trinajstić information content (AvgIpc) is 3.15. The maximum atomic E-state index is 11.1. The maximum absolute atomic E-state index is 11.1. The van der Waals surface area contributed by atoms with Crippen molar-refractivity contribution >= 4 is 40.6 Å². The van der Waals surface area contributed by atoms with Crippen LogP contribution in [0.25, 0.3) is 22.2 Å². The van der Waals surface area contributed by atoms with E-state index in [1.807, 2.05) is 6.07 Å². The number of imidazole rings is 1. The van der Waals surface area contributed by atoms with Crippen molar-refractivity contribution in [3.05, 3.63) is 76.8 Å². The number of anilines is 1. The highest BCUT2D eigenvalue weighted by Gasteiger charge is 2.17. The second-order valence-electron chi connectivity index (χ2n) is 6.76. The van der Waals surface area contributed by atoms with E-state index in [0.29, 0.717) is 28.5 Å². The zero-order valence-corrected chi connectivity index (χ0v) is 16.8. The molecule has 2 heterocycles. The second-order valence-corrected chi connectivity index (χ2v) is 7.20. The van der Waals surface area contributed by atoms with Crippen LogP contribution in [0.15, 0.2) is 59.8 Å². The average molecular weight is 438 g/mol. The molecule has 156 valence electrons. The molecule has 0 unspecified atom stereocenters. The summed E-state index contributed by atoms with van der Waals surface area (Å²) < 4.78 is 1.02. The molecule has 10 heteroatoms. The first-order valence-electron chi connectivity index (χ1n) is 9.18. The van der Waals surface area contributed by atoms with Gasteiger partial charge in [0.05, 0.1) is 28.6 Å². The summed E-state index contributed by atoms with van der Waals surface area (Å²) in [7, 11) is 0. The van der Waals surface area contributed by atoms with E-state index in [4.69, 9.17) is 22.6 Å². The molecule has 0 radical (unpaired) electrons. The molecule has 4 rings (SSSR count). The number of hydrogen-bond donors (Lipinski definition) is 5. The van der Waals surface area contributed by atoms with Crippen LogP contribution >= 0.6 is 11.6 Å². The standard InChI is InChI=1S/C21H17ClN6O3/c22-14-3-6-17(24-11-25-23)16(8-14)13-1-4-15(28(31)10-13)9-20-26-18-5-2-12(21(29)30)7-19(18)27-20/h1-8,10-11H,9,23H2,(H3-,24,25,26,27,29,30,31)/p+1. The van der Waals surface area contributed by atoms with Crippen LogP contribution in [0, 0.1) is 0 Å². The largest absolute Gasteiger partial charge is 0.478 e. The molecule has 0 atom stereocenters. The van der Waals surface area contributed by atoms with Crippen molar-refractivity contribution in [1.29, 1.82) is 0 Å². The number of rotatable bonds is 6. The number of H-pyrrole nitrogens is 1. The molecule has 0 spiro atoms. The highest BCUT2D eigenvalue weighted by atomic mass is 35.5. The lowest BCUT2D eigenvalue weighted by atomic mass is 10.0. The van der Waals surface area contributed by atoms with E-state index in [0.717, 1.165) is 27.1 Å². The number of aromatic amines is 1. The SMILES string of the molecule is N/N=C\Nc1ccc(Cl)cc1-c1ccc(Cc2nc3cc(C(=O)O)ccc3[nH]2)[n+](O)c1. The fraction of sp³-hybridized carbons (Fsp3) is 0.0476. The number of nitrogens with one attached hydrogen (secondary N) is 2. The minimum atomic E-state index is -1.01. The van der Waals surface area contributed by atoms with Gasteiger partial charge in [0.1, 0.15) is 12.2 Å². The highest BCUT2D eigenvalue weighted by molar-refractivity contribution is 6.31. The minimum Gasteiger partial charge on any atom is -0.478 e. The van der Waals surface area contributed by atoms with E-state index in [1.54, 1.807) is 36.5 Å². The maximum Gasteiger partial charge on any atom is 0.335 e. The van der Waals surface area contributed by atoms with Crippen molar-refractivity contribution in [2.75, 3.05) is 5.32 Å². The number of pyridine rings is 1. The predicted octanol–water partition coefficient (Wildman–Crippen LogP) is 3.01. The molecule has 0 aliphatic rings. The third-order valence-electron chi connectivity index (χ3n) is 4.73. The summed E-state index contributed by atoms with van der Waals surface area (Å²) in [6.07, 6.45) is 3.23. The lowest BCUT2D eigenvalue weighted by molar-refractivity contribution is -0.909. The minimum absolute atomic E-state index is 0.165. The molecule has 2 aromatic carbocycles. The van der Waals surface area contributed by atoms with Gasteiger partial charge in [-0.05, 0) is 42.5 Å². The topological polar surface area (TPSA) is 140 Å². The summed E-state index contributed by atoms with van der Waals surface area (Å²) in [6.45, 7) is 0. The number of nitrogens with zero attached hydrogens (tertiary/aromatic N) is 3. The van der Waals surface area contributed by atoms with Gasteiger partial charge in [0.15, 0.2) is 0 Å². The fourth-order valence-corrected chi connectivity index (χ4v) is 3.43. The number of halogens is 1. The van der Waals surface area contributed by atoms with Crippen LogP contribution < -0.4 is 15.9 Å². The van der Waals surface area contributed by atoms with Gasteiger partial charge in [0, 0.05) is 27.1 Å². The van der Waals surface area contributed by atoms with Gasteiger partial charge in [0.25, 0.3) is 0 Å². The van der Waals surface area contributed by atoms with Gasteiger partial charge in [-0.15, -0.1) is 0 Å². The molecule has 0 saturated carbocycles. The van der Waals surface area contributed by atoms with Gasteiger partial charge in [-0.25, -0.2) is 9.78 Å². The van der Waals surface area contributed by atoms with Crippen molar-refractivity contribution in [2.45, 2.75) is 6.42 Å². The van der Waals surface area contributed by atoms with Crippen LogP contribution in [0.2, 0.25) is 5.02 Å². The molecule has 0 bridgehead atoms. The smallest absolute Gasteiger partial charge is 0.335 e. The Labute approximate surface area is 181 Å². The summed E-state index contributed by atoms with van der Waals surface area (Å²) in [5.74, 6) is 4.75. The molecule has 0 amide bonds. The van der Waals surface area contributed by atoms with Crippen LogP contribution in [-0.2, 0) is 6.42 Å². The molecule has 4 aromatic rings. The van der Waals surface area contributed by atoms with Gasteiger partial charge in [-0.1, -0.05) is 11.6 Å². The molecule has 0 saturated heterocycles. The Morgan fingerprint density at radius 1 is 1.26 bits per heavy atom. The molecule has 6 N–H and O–H groups in total. The van der Waals surface area contributed by atoms with Crippen LogP contribution in [0.4, 0.5) is 5.69 Å². The Morgan fingerprint density at radius 2 is 2.10 bits per heavy atom. The Morgan fingerprint density at radius 3 is 2.84 bits per heavy atom. The van der Waals surface area contributed by atoms with Crippen LogP contribution in [0.1, 0.15) is 21.9 Å². The van der Waals surface area contributed by atoms with E-state index in [9.17, 15) is 10.0 Å². The molecule has 2 aromatic heterocycles. The number of aromatic nitrogens is 3. The molecule has 0 aliphatic carbocycles. The van der Waals surface area contributed by atoms with Crippen molar-refractivity contribution < 1.29 is 19.8 Å². The molecular formula is C21H18ClN6O3+. The number of nitrogens with two attached hydrogens (primary N) is 1. The van der Waals surface area contributed by atoms with Gasteiger partial charge in [0.2, 0.25) is 11.9 Å². The number of carboxylic acid groups (broad SMARTS) is 1. The van der Waals surface area contributed by atoms with Crippen LogP contribution in [0.5, 0.6) is 0 Å². The summed E-state index contributed by atoms with van der Waals surface area (Å²) in [5.41, 5.74) is 4.21. The zero-order chi connectivity index (χ0) is 22.0. The third-order valence-corrected chi connectivity index (χ3v) is 4.96. The van der Waals surface area contributed by atoms with Crippen molar-refractivity contribution in [3.63, 3.8) is 0 Å². The van der Waals surface area contributed by atoms with E-state index >= 15 is 0 Å². The van der Waals surface area contributed by atoms with Crippen molar-refractivity contribution in [3.8, 4) is 11.1 Å². The van der Waals surface area contributed by atoms with Gasteiger partial charge < -0.3 is 21.2 Å². The Hall–Kier alpha value is -4.11. The van der Waals surface area contributed by atoms with E-state index in [2.05, 4.69) is 20.4 Å². The number of fused-ring (bicyclic) bond motifs is 1. The quantitative estimate of drug-likeness (QED) is 0.0784. The van der Waals surface area contributed by atoms with Gasteiger partial charge in [-0.3, -0.25) is 5.21 Å². The summed E-state index contributed by atoms with van der Waals surface area (Å²) in [6, 6.07) is 13.6. The number of hydrazone groups is 1. The number of benzene rings is 2. The van der Waals surface area contributed by atoms with Crippen molar-refractivity contribution in [2.24, 2.45) is 10.9 Å². The molecular weight excluding hydrogens is 420 g/mol. The number of carboxylic acids is 1. The first-order chi connectivity index (χ1) is 14.9. The highest BCUT2D eigenvalue weighted by Crippen LogP contribution is 2.30. The Balaban J connectivity index is 1.64. The first kappa shape index (κ1) is 20.2. The normalized spacial score (nSPS) is 11.3. The second kappa shape index (κ2) is 8.33. The third kappa shape index (κ3) is 4.26. The molecule has 9 nitrogen and oxygen atoms in total. The van der Waals surface area contributed by atoms with Gasteiger partial charge in [-0.2, -0.15) is 5.10 Å². The number of hydrogen-bond acceptors (Lipinski definition) is 5. The van der Waals surface area contributed by atoms with E-state index < -0.39 is 5.97 Å². The summed E-state index contributed by atoms with van der Waals surface area (Å²) in [5, 5.41) is 26.6. The first-order valence-corrected chi connectivity index (χ1v) is 9.56. The zero-order valence-electron chi connectivity index (χ0n) is 16.1. The van der Waals surface area contributed by atoms with Crippen LogP contribution in [0.3, 0.4) is 0 Å². The fourth-order valence-electron chi connectivity index (χ4n) is 3.25. The lowest BCUT2D eigenvalue weighted by Crippen LogP contribution is -2.35. The lowest BCUT2D eigenvalue weighted by Gasteiger charge is -2.09. The summed E-state index contributed by atoms with van der Waals surface area (Å²) >= 11 is 6.14. The number of aromatic carboxylic acids is 1. The molecule has 31 heavy (non-hydrogen) atoms. The Kier molecular flexibility index (Phi) is 5.42. The van der Waals surface area contributed by atoms with E-state index in [1.165, 1.54) is 18.5 Å². The number of carbonyl (C=O) groups is 1. The summed E-state index contributed by atoms with van der Waals surface area (Å²) in [4.78, 5) is 18.7. The molecule has 0 aliphatic heterocycles. The predicted molar refractivity (Wildman–Crippen MR) is 116 cm³/mol. The van der Waals surface area contributed by atoms with Crippen molar-refractivity contribution in [1.82, 2.24) is 9.97 Å². The Bertz CT molecular complexity index is 1320. The van der Waals surface area contributed by atoms with E-state index in [-0.39, 0.29) is 5.56 Å². The molecule has 0 fully saturated rings. The van der Waals surface area contributed by atoms with Gasteiger partial charge >= 0.3 is 5.97 Å².